The molecular weight excluding hydrogens is 388 g/mol. The molecule has 1 aliphatic heterocycles. The van der Waals surface area contributed by atoms with Gasteiger partial charge in [0.25, 0.3) is 5.91 Å². The monoisotopic (exact) mass is 412 g/mol. The van der Waals surface area contributed by atoms with Crippen LogP contribution in [0.15, 0.2) is 24.3 Å². The van der Waals surface area contributed by atoms with Gasteiger partial charge in [-0.1, -0.05) is 37.1 Å². The van der Waals surface area contributed by atoms with Gasteiger partial charge in [0.1, 0.15) is 5.54 Å². The fourth-order valence-corrected chi connectivity index (χ4v) is 5.14. The molecule has 1 aliphatic carbocycles. The summed E-state index contributed by atoms with van der Waals surface area (Å²) in [7, 11) is -3.68. The predicted molar refractivity (Wildman–Crippen MR) is 104 cm³/mol. The third-order valence-corrected chi connectivity index (χ3v) is 7.58. The summed E-state index contributed by atoms with van der Waals surface area (Å²) in [5.74, 6) is -0.841. The van der Waals surface area contributed by atoms with Crippen LogP contribution in [0.3, 0.4) is 0 Å². The van der Waals surface area contributed by atoms with Gasteiger partial charge in [0, 0.05) is 11.6 Å². The fraction of sp³-hybridized carbons (Fsp3) is 0.579. The molecule has 148 valence electrons. The predicted octanol–water partition coefficient (Wildman–Crippen LogP) is 2.61. The van der Waals surface area contributed by atoms with Gasteiger partial charge in [-0.05, 0) is 50.3 Å². The minimum absolute atomic E-state index is 0.104. The van der Waals surface area contributed by atoms with E-state index < -0.39 is 26.9 Å². The van der Waals surface area contributed by atoms with Crippen molar-refractivity contribution in [3.05, 3.63) is 34.9 Å². The Bertz CT molecular complexity index is 849. The quantitative estimate of drug-likeness (QED) is 0.778. The number of sulfonamides is 1. The van der Waals surface area contributed by atoms with Gasteiger partial charge >= 0.3 is 0 Å². The number of nitrogens with one attached hydrogen (secondary N) is 1. The fourth-order valence-electron chi connectivity index (χ4n) is 3.88. The topological polar surface area (TPSA) is 83.6 Å². The van der Waals surface area contributed by atoms with Crippen molar-refractivity contribution < 1.29 is 18.0 Å². The van der Waals surface area contributed by atoms with Crippen molar-refractivity contribution in [2.45, 2.75) is 56.9 Å². The Morgan fingerprint density at radius 1 is 1.19 bits per heavy atom. The molecule has 0 spiro atoms. The third kappa shape index (κ3) is 3.47. The molecule has 1 aromatic rings. The van der Waals surface area contributed by atoms with Crippen molar-refractivity contribution in [1.82, 2.24) is 9.62 Å². The van der Waals surface area contributed by atoms with Gasteiger partial charge in [0.15, 0.2) is 0 Å². The number of rotatable bonds is 6. The first kappa shape index (κ1) is 20.1. The van der Waals surface area contributed by atoms with E-state index >= 15 is 0 Å². The molecule has 6 nitrogen and oxygen atoms in total. The first-order chi connectivity index (χ1) is 12.6. The van der Waals surface area contributed by atoms with Crippen LogP contribution in [-0.4, -0.2) is 43.0 Å². The summed E-state index contributed by atoms with van der Waals surface area (Å²) in [6.07, 6.45) is 3.24. The number of hydrogen-bond acceptors (Lipinski definition) is 4. The lowest BCUT2D eigenvalue weighted by Crippen LogP contribution is -2.71. The number of halogens is 1. The molecule has 0 radical (unpaired) electrons. The Morgan fingerprint density at radius 2 is 1.81 bits per heavy atom. The number of nitrogens with zero attached hydrogens (tertiary/aromatic N) is 1. The highest BCUT2D eigenvalue weighted by Crippen LogP contribution is 2.48. The number of carbonyl (C=O) groups excluding carboxylic acids is 2. The minimum Gasteiger partial charge on any atom is -0.327 e. The highest BCUT2D eigenvalue weighted by molar-refractivity contribution is 7.90. The number of likely N-dealkylation sites (tertiary alicyclic amines) is 1. The van der Waals surface area contributed by atoms with Crippen LogP contribution in [0.1, 0.15) is 51.5 Å². The molecule has 1 aromatic carbocycles. The Kier molecular flexibility index (Phi) is 5.29. The van der Waals surface area contributed by atoms with Crippen molar-refractivity contribution in [3.63, 3.8) is 0 Å². The van der Waals surface area contributed by atoms with Gasteiger partial charge in [0.2, 0.25) is 15.9 Å². The second-order valence-electron chi connectivity index (χ2n) is 7.67. The second kappa shape index (κ2) is 7.09. The van der Waals surface area contributed by atoms with E-state index in [9.17, 15) is 18.0 Å². The van der Waals surface area contributed by atoms with Crippen LogP contribution in [0.2, 0.25) is 5.02 Å². The molecule has 2 aliphatic rings. The molecule has 2 amide bonds. The van der Waals surface area contributed by atoms with Crippen molar-refractivity contribution in [2.24, 2.45) is 0 Å². The van der Waals surface area contributed by atoms with E-state index in [1.807, 2.05) is 12.1 Å². The van der Waals surface area contributed by atoms with E-state index in [1.165, 1.54) is 4.90 Å². The first-order valence-corrected chi connectivity index (χ1v) is 11.3. The zero-order valence-corrected chi connectivity index (χ0v) is 17.2. The third-order valence-electron chi connectivity index (χ3n) is 5.89. The summed E-state index contributed by atoms with van der Waals surface area (Å²) >= 11 is 5.97. The van der Waals surface area contributed by atoms with Crippen molar-refractivity contribution in [3.8, 4) is 0 Å². The summed E-state index contributed by atoms with van der Waals surface area (Å²) in [5, 5.41) is 0.606. The SMILES string of the molecule is CCCS(=O)(=O)NC(=O)C1(C)CCN1C(=O)C1(c2ccc(Cl)cc2)CCC1. The van der Waals surface area contributed by atoms with Gasteiger partial charge in [-0.15, -0.1) is 0 Å². The Labute approximate surface area is 165 Å². The zero-order chi connectivity index (χ0) is 19.9. The van der Waals surface area contributed by atoms with E-state index in [4.69, 9.17) is 11.6 Å². The van der Waals surface area contributed by atoms with Gasteiger partial charge in [-0.2, -0.15) is 0 Å². The number of carbonyl (C=O) groups is 2. The highest BCUT2D eigenvalue weighted by Gasteiger charge is 2.57. The molecule has 8 heteroatoms. The lowest BCUT2D eigenvalue weighted by Gasteiger charge is -2.54. The van der Waals surface area contributed by atoms with E-state index in [-0.39, 0.29) is 11.7 Å². The molecule has 1 heterocycles. The van der Waals surface area contributed by atoms with Crippen LogP contribution in [-0.2, 0) is 25.0 Å². The lowest BCUT2D eigenvalue weighted by molar-refractivity contribution is -0.163. The van der Waals surface area contributed by atoms with Crippen molar-refractivity contribution >= 4 is 33.4 Å². The molecule has 1 unspecified atom stereocenters. The van der Waals surface area contributed by atoms with Crippen molar-refractivity contribution in [2.75, 3.05) is 12.3 Å². The highest BCUT2D eigenvalue weighted by atomic mass is 35.5. The van der Waals surface area contributed by atoms with Crippen LogP contribution in [0.4, 0.5) is 0 Å². The molecular formula is C19H25ClN2O4S. The summed E-state index contributed by atoms with van der Waals surface area (Å²) in [6.45, 7) is 3.82. The second-order valence-corrected chi connectivity index (χ2v) is 9.95. The summed E-state index contributed by atoms with van der Waals surface area (Å²) < 4.78 is 26.1. The minimum atomic E-state index is -3.68. The van der Waals surface area contributed by atoms with Crippen molar-refractivity contribution in [1.29, 1.82) is 0 Å². The van der Waals surface area contributed by atoms with E-state index in [0.717, 1.165) is 24.8 Å². The summed E-state index contributed by atoms with van der Waals surface area (Å²) in [6, 6.07) is 7.26. The molecule has 0 aromatic heterocycles. The maximum atomic E-state index is 13.4. The molecule has 3 rings (SSSR count). The molecule has 1 saturated heterocycles. The summed E-state index contributed by atoms with van der Waals surface area (Å²) in [5.41, 5.74) is -0.877. The smallest absolute Gasteiger partial charge is 0.259 e. The molecule has 1 atom stereocenters. The largest absolute Gasteiger partial charge is 0.327 e. The molecule has 1 saturated carbocycles. The maximum absolute atomic E-state index is 13.4. The number of benzene rings is 1. The Balaban J connectivity index is 1.82. The van der Waals surface area contributed by atoms with E-state index in [0.29, 0.717) is 24.4 Å². The zero-order valence-electron chi connectivity index (χ0n) is 15.6. The van der Waals surface area contributed by atoms with E-state index in [2.05, 4.69) is 4.72 Å². The normalized spacial score (nSPS) is 23.9. The first-order valence-electron chi connectivity index (χ1n) is 9.28. The van der Waals surface area contributed by atoms with Crippen LogP contribution in [0, 0.1) is 0 Å². The maximum Gasteiger partial charge on any atom is 0.259 e. The van der Waals surface area contributed by atoms with Crippen LogP contribution in [0.5, 0.6) is 0 Å². The average molecular weight is 413 g/mol. The average Bonchev–Trinajstić information content (AvgIpc) is 2.53. The van der Waals surface area contributed by atoms with Crippen LogP contribution in [0.25, 0.3) is 0 Å². The molecule has 0 bridgehead atoms. The van der Waals surface area contributed by atoms with Crippen LogP contribution < -0.4 is 4.72 Å². The lowest BCUT2D eigenvalue weighted by atomic mass is 9.62. The standard InChI is InChI=1S/C19H25ClN2O4S/c1-3-13-27(25,26)21-16(23)18(2)11-12-22(18)17(24)19(9-4-10-19)14-5-7-15(20)8-6-14/h5-8H,3-4,9-13H2,1-2H3,(H,21,23). The number of hydrogen-bond donors (Lipinski definition) is 1. The van der Waals surface area contributed by atoms with Crippen LogP contribution >= 0.6 is 11.6 Å². The molecule has 2 fully saturated rings. The Morgan fingerprint density at radius 3 is 2.26 bits per heavy atom. The van der Waals surface area contributed by atoms with Gasteiger partial charge in [0.05, 0.1) is 11.2 Å². The van der Waals surface area contributed by atoms with E-state index in [1.54, 1.807) is 26.0 Å². The Hall–Kier alpha value is -1.60. The van der Waals surface area contributed by atoms with Gasteiger partial charge in [-0.3, -0.25) is 14.3 Å². The van der Waals surface area contributed by atoms with Gasteiger partial charge in [-0.25, -0.2) is 8.42 Å². The van der Waals surface area contributed by atoms with Gasteiger partial charge < -0.3 is 4.90 Å². The summed E-state index contributed by atoms with van der Waals surface area (Å²) in [4.78, 5) is 27.6. The molecule has 1 N–H and O–H groups in total. The number of amides is 2. The molecule has 27 heavy (non-hydrogen) atoms.